The van der Waals surface area contributed by atoms with Crippen molar-refractivity contribution in [3.8, 4) is 0 Å². The Labute approximate surface area is 128 Å². The SMILES string of the molecule is CC(C)(CCCc1ccccc1)C(=O)N1CCCC(N)C1. The minimum atomic E-state index is -0.286. The third-order valence-corrected chi connectivity index (χ3v) is 4.43. The van der Waals surface area contributed by atoms with Crippen LogP contribution in [0.2, 0.25) is 0 Å². The number of nitrogens with zero attached hydrogens (tertiary/aromatic N) is 1. The van der Waals surface area contributed by atoms with Gasteiger partial charge in [-0.15, -0.1) is 0 Å². The molecule has 1 aliphatic heterocycles. The van der Waals surface area contributed by atoms with E-state index in [1.165, 1.54) is 5.56 Å². The van der Waals surface area contributed by atoms with Crippen molar-refractivity contribution in [3.05, 3.63) is 35.9 Å². The Kier molecular flexibility index (Phi) is 5.40. The second-order valence-electron chi connectivity index (χ2n) is 6.88. The average molecular weight is 288 g/mol. The molecule has 1 heterocycles. The van der Waals surface area contributed by atoms with Crippen LogP contribution in [0.15, 0.2) is 30.3 Å². The van der Waals surface area contributed by atoms with Gasteiger partial charge in [-0.2, -0.15) is 0 Å². The number of piperidine rings is 1. The molecule has 0 aliphatic carbocycles. The third-order valence-electron chi connectivity index (χ3n) is 4.43. The van der Waals surface area contributed by atoms with Gasteiger partial charge in [-0.3, -0.25) is 4.79 Å². The summed E-state index contributed by atoms with van der Waals surface area (Å²) in [5, 5.41) is 0. The van der Waals surface area contributed by atoms with E-state index in [-0.39, 0.29) is 17.4 Å². The van der Waals surface area contributed by atoms with Crippen molar-refractivity contribution < 1.29 is 4.79 Å². The first-order chi connectivity index (χ1) is 9.99. The maximum absolute atomic E-state index is 12.7. The number of carbonyl (C=O) groups excluding carboxylic acids is 1. The molecule has 0 bridgehead atoms. The van der Waals surface area contributed by atoms with E-state index in [0.29, 0.717) is 0 Å². The van der Waals surface area contributed by atoms with E-state index in [1.54, 1.807) is 0 Å². The minimum Gasteiger partial charge on any atom is -0.341 e. The number of rotatable bonds is 5. The topological polar surface area (TPSA) is 46.3 Å². The maximum atomic E-state index is 12.7. The first-order valence-corrected chi connectivity index (χ1v) is 8.08. The predicted octanol–water partition coefficient (Wildman–Crippen LogP) is 2.99. The van der Waals surface area contributed by atoms with Crippen LogP contribution in [0.5, 0.6) is 0 Å². The van der Waals surface area contributed by atoms with Crippen LogP contribution in [0.3, 0.4) is 0 Å². The molecule has 1 unspecified atom stereocenters. The lowest BCUT2D eigenvalue weighted by Crippen LogP contribution is -2.50. The summed E-state index contributed by atoms with van der Waals surface area (Å²) in [6.45, 7) is 5.73. The van der Waals surface area contributed by atoms with Crippen LogP contribution >= 0.6 is 0 Å². The van der Waals surface area contributed by atoms with Gasteiger partial charge in [-0.1, -0.05) is 44.2 Å². The lowest BCUT2D eigenvalue weighted by atomic mass is 9.84. The monoisotopic (exact) mass is 288 g/mol. The van der Waals surface area contributed by atoms with E-state index in [9.17, 15) is 4.79 Å². The van der Waals surface area contributed by atoms with Crippen LogP contribution in [0, 0.1) is 5.41 Å². The summed E-state index contributed by atoms with van der Waals surface area (Å²) in [5.41, 5.74) is 7.05. The van der Waals surface area contributed by atoms with E-state index in [0.717, 1.165) is 45.2 Å². The Bertz CT molecular complexity index is 456. The van der Waals surface area contributed by atoms with Crippen LogP contribution in [0.25, 0.3) is 0 Å². The van der Waals surface area contributed by atoms with Crippen molar-refractivity contribution in [1.82, 2.24) is 4.90 Å². The molecule has 1 amide bonds. The van der Waals surface area contributed by atoms with Crippen molar-refractivity contribution >= 4 is 5.91 Å². The van der Waals surface area contributed by atoms with Gasteiger partial charge in [0.05, 0.1) is 0 Å². The summed E-state index contributed by atoms with van der Waals surface area (Å²) in [4.78, 5) is 14.6. The molecule has 2 N–H and O–H groups in total. The van der Waals surface area contributed by atoms with Crippen LogP contribution < -0.4 is 5.73 Å². The molecule has 116 valence electrons. The average Bonchev–Trinajstić information content (AvgIpc) is 2.47. The molecule has 0 radical (unpaired) electrons. The van der Waals surface area contributed by atoms with Crippen LogP contribution in [0.1, 0.15) is 45.1 Å². The minimum absolute atomic E-state index is 0.155. The number of likely N-dealkylation sites (tertiary alicyclic amines) is 1. The highest BCUT2D eigenvalue weighted by atomic mass is 16.2. The van der Waals surface area contributed by atoms with Gasteiger partial charge in [-0.05, 0) is 37.7 Å². The fourth-order valence-corrected chi connectivity index (χ4v) is 3.11. The van der Waals surface area contributed by atoms with Crippen molar-refractivity contribution in [2.45, 2.75) is 52.0 Å². The van der Waals surface area contributed by atoms with Gasteiger partial charge in [-0.25, -0.2) is 0 Å². The number of aryl methyl sites for hydroxylation is 1. The molecule has 21 heavy (non-hydrogen) atoms. The first-order valence-electron chi connectivity index (χ1n) is 8.08. The molecular formula is C18H28N2O. The quantitative estimate of drug-likeness (QED) is 0.905. The van der Waals surface area contributed by atoms with E-state index in [1.807, 2.05) is 11.0 Å². The van der Waals surface area contributed by atoms with Crippen LogP contribution in [0.4, 0.5) is 0 Å². The van der Waals surface area contributed by atoms with Crippen molar-refractivity contribution in [3.63, 3.8) is 0 Å². The zero-order valence-corrected chi connectivity index (χ0v) is 13.3. The summed E-state index contributed by atoms with van der Waals surface area (Å²) in [7, 11) is 0. The second kappa shape index (κ2) is 7.08. The lowest BCUT2D eigenvalue weighted by Gasteiger charge is -2.36. The van der Waals surface area contributed by atoms with Crippen LogP contribution in [-0.2, 0) is 11.2 Å². The number of carbonyl (C=O) groups is 1. The molecular weight excluding hydrogens is 260 g/mol. The zero-order chi connectivity index (χ0) is 15.3. The summed E-state index contributed by atoms with van der Waals surface area (Å²) in [6, 6.07) is 10.6. The molecule has 1 saturated heterocycles. The van der Waals surface area contributed by atoms with Crippen molar-refractivity contribution in [2.75, 3.05) is 13.1 Å². The predicted molar refractivity (Wildman–Crippen MR) is 87.0 cm³/mol. The normalized spacial score (nSPS) is 19.6. The molecule has 3 nitrogen and oxygen atoms in total. The fraction of sp³-hybridized carbons (Fsp3) is 0.611. The molecule has 1 aromatic rings. The number of amides is 1. The van der Waals surface area contributed by atoms with Gasteiger partial charge in [0.25, 0.3) is 0 Å². The Morgan fingerprint density at radius 1 is 1.33 bits per heavy atom. The highest BCUT2D eigenvalue weighted by Crippen LogP contribution is 2.27. The van der Waals surface area contributed by atoms with Gasteiger partial charge in [0.15, 0.2) is 0 Å². The molecule has 1 fully saturated rings. The summed E-state index contributed by atoms with van der Waals surface area (Å²) >= 11 is 0. The van der Waals surface area contributed by atoms with Gasteiger partial charge < -0.3 is 10.6 Å². The molecule has 1 aromatic carbocycles. The standard InChI is InChI=1S/C18H28N2O/c1-18(2,12-6-10-15-8-4-3-5-9-15)17(21)20-13-7-11-16(19)14-20/h3-5,8-9,16H,6-7,10-14,19H2,1-2H3. The summed E-state index contributed by atoms with van der Waals surface area (Å²) in [5.74, 6) is 0.269. The van der Waals surface area contributed by atoms with Crippen LogP contribution in [-0.4, -0.2) is 29.9 Å². The summed E-state index contributed by atoms with van der Waals surface area (Å²) < 4.78 is 0. The Hall–Kier alpha value is -1.35. The molecule has 0 aromatic heterocycles. The first kappa shape index (κ1) is 16.0. The van der Waals surface area contributed by atoms with E-state index < -0.39 is 0 Å². The largest absolute Gasteiger partial charge is 0.341 e. The van der Waals surface area contributed by atoms with E-state index >= 15 is 0 Å². The van der Waals surface area contributed by atoms with Crippen molar-refractivity contribution in [1.29, 1.82) is 0 Å². The van der Waals surface area contributed by atoms with E-state index in [4.69, 9.17) is 5.73 Å². The molecule has 2 rings (SSSR count). The van der Waals surface area contributed by atoms with E-state index in [2.05, 4.69) is 38.1 Å². The Morgan fingerprint density at radius 3 is 2.71 bits per heavy atom. The number of benzene rings is 1. The highest BCUT2D eigenvalue weighted by Gasteiger charge is 2.33. The Balaban J connectivity index is 1.84. The zero-order valence-electron chi connectivity index (χ0n) is 13.3. The molecule has 1 atom stereocenters. The summed E-state index contributed by atoms with van der Waals surface area (Å²) in [6.07, 6.45) is 5.08. The molecule has 3 heteroatoms. The highest BCUT2D eigenvalue weighted by molar-refractivity contribution is 5.82. The Morgan fingerprint density at radius 2 is 2.05 bits per heavy atom. The lowest BCUT2D eigenvalue weighted by molar-refractivity contribution is -0.142. The van der Waals surface area contributed by atoms with Crippen molar-refractivity contribution in [2.24, 2.45) is 11.1 Å². The third kappa shape index (κ3) is 4.57. The second-order valence-corrected chi connectivity index (χ2v) is 6.88. The van der Waals surface area contributed by atoms with Gasteiger partial charge in [0.1, 0.15) is 0 Å². The van der Waals surface area contributed by atoms with Gasteiger partial charge in [0, 0.05) is 24.5 Å². The molecule has 0 spiro atoms. The van der Waals surface area contributed by atoms with Gasteiger partial charge >= 0.3 is 0 Å². The maximum Gasteiger partial charge on any atom is 0.228 e. The number of hydrogen-bond acceptors (Lipinski definition) is 2. The number of hydrogen-bond donors (Lipinski definition) is 1. The fourth-order valence-electron chi connectivity index (χ4n) is 3.11. The molecule has 1 aliphatic rings. The number of nitrogens with two attached hydrogens (primary N) is 1. The smallest absolute Gasteiger partial charge is 0.228 e. The molecule has 0 saturated carbocycles. The van der Waals surface area contributed by atoms with Gasteiger partial charge in [0.2, 0.25) is 5.91 Å².